The van der Waals surface area contributed by atoms with Gasteiger partial charge in [-0.3, -0.25) is 24.7 Å². The molecule has 0 aliphatic carbocycles. The second kappa shape index (κ2) is 9.17. The molecule has 1 aromatic carbocycles. The summed E-state index contributed by atoms with van der Waals surface area (Å²) in [5, 5.41) is 24.0. The van der Waals surface area contributed by atoms with Gasteiger partial charge in [-0.2, -0.15) is 0 Å². The van der Waals surface area contributed by atoms with Crippen LogP contribution in [0.1, 0.15) is 43.6 Å². The molecule has 12 heteroatoms. The van der Waals surface area contributed by atoms with Crippen molar-refractivity contribution in [3.63, 3.8) is 0 Å². The summed E-state index contributed by atoms with van der Waals surface area (Å²) >= 11 is 0. The van der Waals surface area contributed by atoms with E-state index in [0.29, 0.717) is 28.5 Å². The molecule has 35 heavy (non-hydrogen) atoms. The molecule has 178 valence electrons. The van der Waals surface area contributed by atoms with Crippen LogP contribution in [-0.4, -0.2) is 32.0 Å². The van der Waals surface area contributed by atoms with Crippen molar-refractivity contribution in [2.24, 2.45) is 0 Å². The second-order valence-electron chi connectivity index (χ2n) is 7.77. The normalized spacial score (nSPS) is 10.7. The number of carbonyl (C=O) groups excluding carboxylic acids is 2. The van der Waals surface area contributed by atoms with Crippen LogP contribution in [-0.2, 0) is 0 Å². The molecular formula is C23H20N6O6. The van der Waals surface area contributed by atoms with Crippen molar-refractivity contribution < 1.29 is 23.6 Å². The minimum atomic E-state index is -0.581. The van der Waals surface area contributed by atoms with Crippen LogP contribution in [0.15, 0.2) is 45.4 Å². The topological polar surface area (TPSA) is 166 Å². The molecule has 0 aliphatic rings. The standard InChI is InChI=1S/C23H20N6O6/c1-11-9-17(27-34-11)25-22(30)19-13(3)24-14(4)20(23(31)26-18-10-12(2)35-28-18)21(19)15-5-7-16(8-6-15)29(32)33/h5-10H,1-4H3,(H,25,27,30)(H,26,28,31). The van der Waals surface area contributed by atoms with Crippen molar-refractivity contribution in [2.45, 2.75) is 27.7 Å². The maximum Gasteiger partial charge on any atom is 0.269 e. The molecule has 0 bridgehead atoms. The van der Waals surface area contributed by atoms with E-state index < -0.39 is 16.7 Å². The van der Waals surface area contributed by atoms with E-state index in [1.165, 1.54) is 24.3 Å². The lowest BCUT2D eigenvalue weighted by atomic mass is 9.91. The van der Waals surface area contributed by atoms with Crippen LogP contribution < -0.4 is 10.6 Å². The number of amides is 2. The van der Waals surface area contributed by atoms with Gasteiger partial charge < -0.3 is 19.7 Å². The lowest BCUT2D eigenvalue weighted by Crippen LogP contribution is -2.22. The van der Waals surface area contributed by atoms with Gasteiger partial charge in [0.15, 0.2) is 11.6 Å². The fraction of sp³-hybridized carbons (Fsp3) is 0.174. The largest absolute Gasteiger partial charge is 0.360 e. The fourth-order valence-corrected chi connectivity index (χ4v) is 3.65. The molecule has 0 unspecified atom stereocenters. The lowest BCUT2D eigenvalue weighted by molar-refractivity contribution is -0.384. The highest BCUT2D eigenvalue weighted by Gasteiger charge is 2.27. The summed E-state index contributed by atoms with van der Waals surface area (Å²) in [7, 11) is 0. The number of hydrogen-bond acceptors (Lipinski definition) is 9. The number of carbonyl (C=O) groups is 2. The summed E-state index contributed by atoms with van der Waals surface area (Å²) in [5.41, 5.74) is 1.43. The Balaban J connectivity index is 1.88. The van der Waals surface area contributed by atoms with Crippen molar-refractivity contribution in [3.05, 3.63) is 80.5 Å². The first-order valence-corrected chi connectivity index (χ1v) is 10.4. The first-order valence-electron chi connectivity index (χ1n) is 10.4. The quantitative estimate of drug-likeness (QED) is 0.303. The Hall–Kier alpha value is -4.87. The van der Waals surface area contributed by atoms with E-state index >= 15 is 0 Å². The van der Waals surface area contributed by atoms with Crippen molar-refractivity contribution in [1.82, 2.24) is 15.3 Å². The lowest BCUT2D eigenvalue weighted by Gasteiger charge is -2.18. The van der Waals surface area contributed by atoms with Gasteiger partial charge in [0.05, 0.1) is 27.4 Å². The molecule has 0 radical (unpaired) electrons. The molecule has 3 heterocycles. The maximum atomic E-state index is 13.4. The Bertz CT molecular complexity index is 1380. The van der Waals surface area contributed by atoms with Crippen LogP contribution in [0.4, 0.5) is 17.3 Å². The van der Waals surface area contributed by atoms with Crippen LogP contribution >= 0.6 is 0 Å². The second-order valence-corrected chi connectivity index (χ2v) is 7.77. The molecule has 0 spiro atoms. The average molecular weight is 476 g/mol. The fourth-order valence-electron chi connectivity index (χ4n) is 3.65. The number of non-ortho nitro benzene ring substituents is 1. The summed E-state index contributed by atoms with van der Waals surface area (Å²) < 4.78 is 10.0. The number of nitro groups is 1. The Morgan fingerprint density at radius 2 is 1.29 bits per heavy atom. The van der Waals surface area contributed by atoms with Gasteiger partial charge in [0.1, 0.15) is 11.5 Å². The molecule has 4 aromatic rings. The highest BCUT2D eigenvalue weighted by atomic mass is 16.6. The SMILES string of the molecule is Cc1cc(NC(=O)c2c(C)nc(C)c(C(=O)Nc3cc(C)on3)c2-c2ccc([N+](=O)[O-])cc2)no1. The molecule has 0 saturated heterocycles. The molecule has 2 N–H and O–H groups in total. The highest BCUT2D eigenvalue weighted by molar-refractivity contribution is 6.16. The maximum absolute atomic E-state index is 13.4. The van der Waals surface area contributed by atoms with Crippen LogP contribution in [0.3, 0.4) is 0 Å². The summed E-state index contributed by atoms with van der Waals surface area (Å²) in [5.74, 6) is 0.207. The summed E-state index contributed by atoms with van der Waals surface area (Å²) in [6.45, 7) is 6.62. The van der Waals surface area contributed by atoms with Gasteiger partial charge in [0.25, 0.3) is 17.5 Å². The van der Waals surface area contributed by atoms with Gasteiger partial charge in [-0.05, 0) is 45.4 Å². The van der Waals surface area contributed by atoms with E-state index in [1.807, 2.05) is 0 Å². The van der Waals surface area contributed by atoms with E-state index in [1.54, 1.807) is 39.8 Å². The van der Waals surface area contributed by atoms with Crippen molar-refractivity contribution >= 4 is 29.1 Å². The van der Waals surface area contributed by atoms with Crippen molar-refractivity contribution in [2.75, 3.05) is 10.6 Å². The van der Waals surface area contributed by atoms with Crippen LogP contribution in [0.2, 0.25) is 0 Å². The zero-order valence-electron chi connectivity index (χ0n) is 19.2. The Labute approximate surface area is 198 Å². The molecule has 0 aliphatic heterocycles. The minimum absolute atomic E-state index is 0.103. The van der Waals surface area contributed by atoms with Crippen LogP contribution in [0.25, 0.3) is 11.1 Å². The van der Waals surface area contributed by atoms with E-state index in [4.69, 9.17) is 9.05 Å². The van der Waals surface area contributed by atoms with Crippen molar-refractivity contribution in [3.8, 4) is 11.1 Å². The van der Waals surface area contributed by atoms with Crippen LogP contribution in [0, 0.1) is 37.8 Å². The summed E-state index contributed by atoms with van der Waals surface area (Å²) in [6.07, 6.45) is 0. The third kappa shape index (κ3) is 4.76. The Kier molecular flexibility index (Phi) is 6.10. The first kappa shape index (κ1) is 23.3. The van der Waals surface area contributed by atoms with E-state index in [2.05, 4.69) is 25.9 Å². The van der Waals surface area contributed by atoms with E-state index in [0.717, 1.165) is 0 Å². The van der Waals surface area contributed by atoms with Gasteiger partial charge in [0.2, 0.25) is 0 Å². The molecule has 3 aromatic heterocycles. The first-order chi connectivity index (χ1) is 16.6. The highest BCUT2D eigenvalue weighted by Crippen LogP contribution is 2.33. The van der Waals surface area contributed by atoms with E-state index in [-0.39, 0.29) is 34.0 Å². The number of nitro benzene ring substituents is 1. The molecular weight excluding hydrogens is 456 g/mol. The Morgan fingerprint density at radius 3 is 1.66 bits per heavy atom. The summed E-state index contributed by atoms with van der Waals surface area (Å²) in [6, 6.07) is 8.63. The van der Waals surface area contributed by atoms with Gasteiger partial charge in [-0.1, -0.05) is 10.3 Å². The van der Waals surface area contributed by atoms with E-state index in [9.17, 15) is 19.7 Å². The van der Waals surface area contributed by atoms with Gasteiger partial charge in [-0.25, -0.2) is 0 Å². The van der Waals surface area contributed by atoms with Crippen molar-refractivity contribution in [1.29, 1.82) is 0 Å². The molecule has 0 fully saturated rings. The van der Waals surface area contributed by atoms with Gasteiger partial charge in [0, 0.05) is 29.8 Å². The number of nitrogens with zero attached hydrogens (tertiary/aromatic N) is 4. The van der Waals surface area contributed by atoms with Gasteiger partial charge in [-0.15, -0.1) is 0 Å². The van der Waals surface area contributed by atoms with Gasteiger partial charge >= 0.3 is 0 Å². The number of aryl methyl sites for hydroxylation is 4. The number of pyridine rings is 1. The average Bonchev–Trinajstić information content (AvgIpc) is 3.40. The number of aromatic nitrogens is 3. The molecule has 0 atom stereocenters. The number of rotatable bonds is 6. The zero-order valence-corrected chi connectivity index (χ0v) is 19.2. The summed E-state index contributed by atoms with van der Waals surface area (Å²) in [4.78, 5) is 41.8. The predicted molar refractivity (Wildman–Crippen MR) is 124 cm³/mol. The number of benzene rings is 1. The number of anilines is 2. The predicted octanol–water partition coefficient (Wildman–Crippen LogP) is 4.37. The monoisotopic (exact) mass is 476 g/mol. The number of hydrogen-bond donors (Lipinski definition) is 2. The minimum Gasteiger partial charge on any atom is -0.360 e. The third-order valence-electron chi connectivity index (χ3n) is 5.12. The Morgan fingerprint density at radius 1 is 0.829 bits per heavy atom. The molecule has 4 rings (SSSR count). The molecule has 12 nitrogen and oxygen atoms in total. The third-order valence-corrected chi connectivity index (χ3v) is 5.12. The van der Waals surface area contributed by atoms with Crippen LogP contribution in [0.5, 0.6) is 0 Å². The molecule has 0 saturated carbocycles. The zero-order chi connectivity index (χ0) is 25.3. The smallest absolute Gasteiger partial charge is 0.269 e. The molecule has 2 amide bonds. The number of nitrogens with one attached hydrogen (secondary N) is 2.